The lowest BCUT2D eigenvalue weighted by atomic mass is 9.95. The van der Waals surface area contributed by atoms with Crippen LogP contribution in [-0.4, -0.2) is 20.5 Å². The van der Waals surface area contributed by atoms with Gasteiger partial charge in [0.1, 0.15) is 0 Å². The maximum Gasteiger partial charge on any atom is 0.238 e. The van der Waals surface area contributed by atoms with Crippen LogP contribution in [0.25, 0.3) is 0 Å². The Morgan fingerprint density at radius 1 is 1.33 bits per heavy atom. The van der Waals surface area contributed by atoms with E-state index < -0.39 is 10.0 Å². The topological polar surface area (TPSA) is 98.2 Å². The molecule has 6 heteroatoms. The van der Waals surface area contributed by atoms with Crippen molar-refractivity contribution in [3.63, 3.8) is 0 Å². The number of nitrogens with two attached hydrogens (primary N) is 2. The Bertz CT molecular complexity index is 523. The van der Waals surface area contributed by atoms with Gasteiger partial charge in [0, 0.05) is 17.8 Å². The molecule has 1 aromatic rings. The van der Waals surface area contributed by atoms with Crippen LogP contribution in [0.2, 0.25) is 0 Å². The molecule has 0 saturated heterocycles. The predicted molar refractivity (Wildman–Crippen MR) is 71.6 cm³/mol. The van der Waals surface area contributed by atoms with E-state index in [0.29, 0.717) is 12.5 Å². The number of anilines is 1. The lowest BCUT2D eigenvalue weighted by molar-refractivity contribution is 0.459. The Morgan fingerprint density at radius 2 is 1.89 bits per heavy atom. The summed E-state index contributed by atoms with van der Waals surface area (Å²) in [6, 6.07) is 6.44. The largest absolute Gasteiger partial charge is 0.378 e. The number of nitrogens with one attached hydrogen (secondary N) is 1. The third-order valence-corrected chi connectivity index (χ3v) is 4.44. The summed E-state index contributed by atoms with van der Waals surface area (Å²) >= 11 is 0. The van der Waals surface area contributed by atoms with Crippen molar-refractivity contribution in [1.82, 2.24) is 0 Å². The van der Waals surface area contributed by atoms with E-state index in [1.807, 2.05) is 0 Å². The smallest absolute Gasteiger partial charge is 0.238 e. The number of hydrogen-bond acceptors (Lipinski definition) is 4. The zero-order chi connectivity index (χ0) is 13.4. The van der Waals surface area contributed by atoms with Crippen LogP contribution in [0, 0.1) is 5.92 Å². The van der Waals surface area contributed by atoms with Gasteiger partial charge in [0.25, 0.3) is 0 Å². The molecule has 0 aliphatic heterocycles. The molecule has 1 unspecified atom stereocenters. The molecular formula is C12H19N3O2S. The number of primary sulfonamides is 1. The SMILES string of the molecule is CC(CN)(Nc1ccc(S(N)(=O)=O)cc1)C1CC1. The molecule has 100 valence electrons. The van der Waals surface area contributed by atoms with Crippen LogP contribution in [0.15, 0.2) is 29.2 Å². The number of benzene rings is 1. The lowest BCUT2D eigenvalue weighted by Crippen LogP contribution is -2.44. The zero-order valence-corrected chi connectivity index (χ0v) is 11.2. The first-order valence-corrected chi connectivity index (χ1v) is 7.51. The molecule has 0 amide bonds. The van der Waals surface area contributed by atoms with Crippen LogP contribution < -0.4 is 16.2 Å². The maximum absolute atomic E-state index is 11.1. The average molecular weight is 269 g/mol. The number of sulfonamides is 1. The summed E-state index contributed by atoms with van der Waals surface area (Å²) < 4.78 is 22.3. The fraction of sp³-hybridized carbons (Fsp3) is 0.500. The predicted octanol–water partition coefficient (Wildman–Crippen LogP) is 0.873. The molecule has 0 heterocycles. The Morgan fingerprint density at radius 3 is 2.28 bits per heavy atom. The molecule has 0 spiro atoms. The van der Waals surface area contributed by atoms with E-state index in [-0.39, 0.29) is 10.4 Å². The van der Waals surface area contributed by atoms with Crippen LogP contribution >= 0.6 is 0 Å². The Labute approximate surface area is 108 Å². The molecule has 0 bridgehead atoms. The average Bonchev–Trinajstić information content (AvgIpc) is 3.12. The van der Waals surface area contributed by atoms with Crippen molar-refractivity contribution in [2.24, 2.45) is 16.8 Å². The molecule has 18 heavy (non-hydrogen) atoms. The molecule has 0 radical (unpaired) electrons. The molecule has 1 aliphatic rings. The van der Waals surface area contributed by atoms with Crippen LogP contribution in [-0.2, 0) is 10.0 Å². The Hall–Kier alpha value is -1.11. The first-order valence-electron chi connectivity index (χ1n) is 5.96. The summed E-state index contributed by atoms with van der Waals surface area (Å²) in [5, 5.41) is 8.44. The standard InChI is InChI=1S/C12H19N3O2S/c1-12(8-13,9-2-3-9)15-10-4-6-11(7-5-10)18(14,16)17/h4-7,9,15H,2-3,8,13H2,1H3,(H2,14,16,17). The molecule has 0 aromatic heterocycles. The fourth-order valence-electron chi connectivity index (χ4n) is 2.10. The van der Waals surface area contributed by atoms with Crippen molar-refractivity contribution >= 4 is 15.7 Å². The van der Waals surface area contributed by atoms with Crippen LogP contribution in [0.5, 0.6) is 0 Å². The van der Waals surface area contributed by atoms with Gasteiger partial charge in [0.15, 0.2) is 0 Å². The lowest BCUT2D eigenvalue weighted by Gasteiger charge is -2.30. The monoisotopic (exact) mass is 269 g/mol. The van der Waals surface area contributed by atoms with Crippen LogP contribution in [0.1, 0.15) is 19.8 Å². The van der Waals surface area contributed by atoms with Crippen molar-refractivity contribution in [2.75, 3.05) is 11.9 Å². The molecule has 1 atom stereocenters. The molecule has 5 N–H and O–H groups in total. The molecule has 1 fully saturated rings. The molecular weight excluding hydrogens is 250 g/mol. The molecule has 1 aromatic carbocycles. The van der Waals surface area contributed by atoms with E-state index in [0.717, 1.165) is 5.69 Å². The number of rotatable bonds is 5. The highest BCUT2D eigenvalue weighted by Gasteiger charge is 2.40. The van der Waals surface area contributed by atoms with E-state index in [4.69, 9.17) is 10.9 Å². The van der Waals surface area contributed by atoms with Gasteiger partial charge >= 0.3 is 0 Å². The highest BCUT2D eigenvalue weighted by Crippen LogP contribution is 2.40. The fourth-order valence-corrected chi connectivity index (χ4v) is 2.61. The van der Waals surface area contributed by atoms with Crippen LogP contribution in [0.4, 0.5) is 5.69 Å². The minimum Gasteiger partial charge on any atom is -0.378 e. The van der Waals surface area contributed by atoms with E-state index in [2.05, 4.69) is 12.2 Å². The van der Waals surface area contributed by atoms with Gasteiger partial charge in [-0.15, -0.1) is 0 Å². The Kier molecular flexibility index (Phi) is 3.35. The van der Waals surface area contributed by atoms with E-state index in [9.17, 15) is 8.42 Å². The molecule has 1 aliphatic carbocycles. The number of hydrogen-bond donors (Lipinski definition) is 3. The minimum absolute atomic E-state index is 0.119. The minimum atomic E-state index is -3.63. The van der Waals surface area contributed by atoms with Gasteiger partial charge in [0.05, 0.1) is 4.90 Å². The van der Waals surface area contributed by atoms with Gasteiger partial charge in [-0.2, -0.15) is 0 Å². The Balaban J connectivity index is 2.15. The summed E-state index contributed by atoms with van der Waals surface area (Å²) in [6.07, 6.45) is 2.38. The van der Waals surface area contributed by atoms with Crippen molar-refractivity contribution in [1.29, 1.82) is 0 Å². The van der Waals surface area contributed by atoms with Gasteiger partial charge in [-0.25, -0.2) is 13.6 Å². The van der Waals surface area contributed by atoms with Crippen molar-refractivity contribution in [3.05, 3.63) is 24.3 Å². The third-order valence-electron chi connectivity index (χ3n) is 3.52. The zero-order valence-electron chi connectivity index (χ0n) is 10.4. The van der Waals surface area contributed by atoms with Gasteiger partial charge < -0.3 is 11.1 Å². The first-order chi connectivity index (χ1) is 8.35. The third kappa shape index (κ3) is 2.82. The summed E-state index contributed by atoms with van der Waals surface area (Å²) in [7, 11) is -3.63. The second-order valence-electron chi connectivity index (χ2n) is 5.09. The van der Waals surface area contributed by atoms with E-state index >= 15 is 0 Å². The van der Waals surface area contributed by atoms with E-state index in [1.165, 1.54) is 25.0 Å². The van der Waals surface area contributed by atoms with Crippen molar-refractivity contribution in [3.8, 4) is 0 Å². The van der Waals surface area contributed by atoms with Crippen LogP contribution in [0.3, 0.4) is 0 Å². The highest BCUT2D eigenvalue weighted by atomic mass is 32.2. The molecule has 5 nitrogen and oxygen atoms in total. The molecule has 2 rings (SSSR count). The second kappa shape index (κ2) is 4.53. The quantitative estimate of drug-likeness (QED) is 0.738. The maximum atomic E-state index is 11.1. The molecule has 1 saturated carbocycles. The first kappa shape index (κ1) is 13.3. The summed E-state index contributed by atoms with van der Waals surface area (Å²) in [6.45, 7) is 2.65. The van der Waals surface area contributed by atoms with Gasteiger partial charge in [-0.1, -0.05) is 0 Å². The highest BCUT2D eigenvalue weighted by molar-refractivity contribution is 7.89. The van der Waals surface area contributed by atoms with Gasteiger partial charge in [-0.05, 0) is 49.9 Å². The van der Waals surface area contributed by atoms with E-state index in [1.54, 1.807) is 12.1 Å². The van der Waals surface area contributed by atoms with Crippen molar-refractivity contribution < 1.29 is 8.42 Å². The summed E-state index contributed by atoms with van der Waals surface area (Å²) in [4.78, 5) is 0.119. The van der Waals surface area contributed by atoms with Gasteiger partial charge in [-0.3, -0.25) is 0 Å². The summed E-state index contributed by atoms with van der Waals surface area (Å²) in [5.74, 6) is 0.598. The van der Waals surface area contributed by atoms with Gasteiger partial charge in [0.2, 0.25) is 10.0 Å². The van der Waals surface area contributed by atoms with Crippen molar-refractivity contribution in [2.45, 2.75) is 30.2 Å². The normalized spacial score (nSPS) is 19.3. The summed E-state index contributed by atoms with van der Waals surface area (Å²) in [5.41, 5.74) is 6.56. The second-order valence-corrected chi connectivity index (χ2v) is 6.65.